The molecule has 0 aromatic heterocycles. The number of esters is 1. The molecule has 1 aliphatic rings. The van der Waals surface area contributed by atoms with Gasteiger partial charge in [-0.25, -0.2) is 0 Å². The van der Waals surface area contributed by atoms with E-state index < -0.39 is 0 Å². The first-order chi connectivity index (χ1) is 7.63. The van der Waals surface area contributed by atoms with Crippen LogP contribution in [0.2, 0.25) is 0 Å². The van der Waals surface area contributed by atoms with E-state index in [1.807, 2.05) is 0 Å². The number of hydrogen-bond donors (Lipinski definition) is 0. The van der Waals surface area contributed by atoms with Crippen LogP contribution in [0.5, 0.6) is 0 Å². The third kappa shape index (κ3) is 5.05. The van der Waals surface area contributed by atoms with E-state index in [0.29, 0.717) is 25.7 Å². The van der Waals surface area contributed by atoms with Crippen molar-refractivity contribution in [1.82, 2.24) is 0 Å². The molecule has 4 heteroatoms. The smallest absolute Gasteiger partial charge is 0.305 e. The Morgan fingerprint density at radius 3 is 2.31 bits per heavy atom. The highest BCUT2D eigenvalue weighted by molar-refractivity contribution is 6.00. The van der Waals surface area contributed by atoms with E-state index in [-0.39, 0.29) is 29.9 Å². The summed E-state index contributed by atoms with van der Waals surface area (Å²) < 4.78 is 4.48. The molecule has 0 aliphatic heterocycles. The van der Waals surface area contributed by atoms with Gasteiger partial charge in [-0.2, -0.15) is 0 Å². The van der Waals surface area contributed by atoms with Crippen molar-refractivity contribution in [2.24, 2.45) is 5.92 Å². The summed E-state index contributed by atoms with van der Waals surface area (Å²) in [5.41, 5.74) is 0. The number of Topliss-reactive ketones (excluding diaryl/α,β-unsaturated/α-hetero) is 2. The monoisotopic (exact) mass is 226 g/mol. The van der Waals surface area contributed by atoms with Crippen molar-refractivity contribution in [3.05, 3.63) is 0 Å². The zero-order chi connectivity index (χ0) is 12.0. The minimum absolute atomic E-state index is 0.00164. The molecule has 0 saturated heterocycles. The van der Waals surface area contributed by atoms with Crippen molar-refractivity contribution in [3.8, 4) is 0 Å². The van der Waals surface area contributed by atoms with Crippen LogP contribution in [0, 0.1) is 5.92 Å². The first-order valence-corrected chi connectivity index (χ1v) is 5.74. The van der Waals surface area contributed by atoms with Crippen LogP contribution in [0.15, 0.2) is 0 Å². The van der Waals surface area contributed by atoms with E-state index in [0.717, 1.165) is 12.8 Å². The molecule has 0 unspecified atom stereocenters. The average Bonchev–Trinajstić information content (AvgIpc) is 3.07. The molecular weight excluding hydrogens is 208 g/mol. The van der Waals surface area contributed by atoms with E-state index in [1.165, 1.54) is 7.11 Å². The topological polar surface area (TPSA) is 60.4 Å². The second-order valence-corrected chi connectivity index (χ2v) is 4.24. The van der Waals surface area contributed by atoms with Crippen LogP contribution < -0.4 is 0 Å². The summed E-state index contributed by atoms with van der Waals surface area (Å²) in [6.07, 6.45) is 4.05. The number of ketones is 2. The predicted octanol–water partition coefficient (Wildman–Crippen LogP) is 1.66. The van der Waals surface area contributed by atoms with Crippen LogP contribution in [0.1, 0.15) is 44.9 Å². The molecule has 0 spiro atoms. The summed E-state index contributed by atoms with van der Waals surface area (Å²) in [6, 6.07) is 0. The van der Waals surface area contributed by atoms with Gasteiger partial charge in [0, 0.05) is 18.8 Å². The predicted molar refractivity (Wildman–Crippen MR) is 57.8 cm³/mol. The largest absolute Gasteiger partial charge is 0.469 e. The molecule has 4 nitrogen and oxygen atoms in total. The lowest BCUT2D eigenvalue weighted by Crippen LogP contribution is -2.09. The molecule has 1 saturated carbocycles. The number of carbonyl (C=O) groups excluding carboxylic acids is 3. The maximum Gasteiger partial charge on any atom is 0.305 e. The molecular formula is C12H18O4. The zero-order valence-electron chi connectivity index (χ0n) is 9.66. The van der Waals surface area contributed by atoms with Crippen LogP contribution in [-0.2, 0) is 19.1 Å². The Balaban J connectivity index is 2.01. The summed E-state index contributed by atoms with van der Waals surface area (Å²) in [4.78, 5) is 33.4. The summed E-state index contributed by atoms with van der Waals surface area (Å²) in [5, 5.41) is 0. The van der Waals surface area contributed by atoms with Crippen LogP contribution in [0.25, 0.3) is 0 Å². The van der Waals surface area contributed by atoms with E-state index in [9.17, 15) is 14.4 Å². The van der Waals surface area contributed by atoms with Gasteiger partial charge >= 0.3 is 5.97 Å². The standard InChI is InChI=1S/C12H18O4/c1-16-12(15)5-3-2-4-10(13)8-11(14)9-6-7-9/h9H,2-8H2,1H3. The number of ether oxygens (including phenoxy) is 1. The highest BCUT2D eigenvalue weighted by atomic mass is 16.5. The Kier molecular flexibility index (Phi) is 5.15. The molecule has 0 N–H and O–H groups in total. The lowest BCUT2D eigenvalue weighted by atomic mass is 10.1. The molecule has 0 atom stereocenters. The SMILES string of the molecule is COC(=O)CCCCC(=O)CC(=O)C1CC1. The first kappa shape index (κ1) is 12.9. The first-order valence-electron chi connectivity index (χ1n) is 5.74. The molecule has 0 radical (unpaired) electrons. The minimum atomic E-state index is -0.249. The fraction of sp³-hybridized carbons (Fsp3) is 0.750. The second-order valence-electron chi connectivity index (χ2n) is 4.24. The van der Waals surface area contributed by atoms with Gasteiger partial charge in [-0.3, -0.25) is 14.4 Å². The Labute approximate surface area is 95.3 Å². The number of hydrogen-bond acceptors (Lipinski definition) is 4. The van der Waals surface area contributed by atoms with Crippen molar-refractivity contribution in [2.45, 2.75) is 44.9 Å². The fourth-order valence-electron chi connectivity index (χ4n) is 1.53. The molecule has 1 rings (SSSR count). The minimum Gasteiger partial charge on any atom is -0.469 e. The van der Waals surface area contributed by atoms with Crippen LogP contribution in [-0.4, -0.2) is 24.6 Å². The molecule has 16 heavy (non-hydrogen) atoms. The highest BCUT2D eigenvalue weighted by Crippen LogP contribution is 2.31. The summed E-state index contributed by atoms with van der Waals surface area (Å²) in [5.74, 6) is 0.0141. The van der Waals surface area contributed by atoms with Crippen LogP contribution in [0.4, 0.5) is 0 Å². The van der Waals surface area contributed by atoms with Crippen molar-refractivity contribution >= 4 is 17.5 Å². The Hall–Kier alpha value is -1.19. The van der Waals surface area contributed by atoms with Gasteiger partial charge in [-0.15, -0.1) is 0 Å². The highest BCUT2D eigenvalue weighted by Gasteiger charge is 2.30. The van der Waals surface area contributed by atoms with Gasteiger partial charge in [0.05, 0.1) is 13.5 Å². The van der Waals surface area contributed by atoms with Gasteiger partial charge in [0.25, 0.3) is 0 Å². The van der Waals surface area contributed by atoms with Crippen molar-refractivity contribution in [1.29, 1.82) is 0 Å². The third-order valence-corrected chi connectivity index (χ3v) is 2.72. The number of rotatable bonds is 8. The van der Waals surface area contributed by atoms with E-state index in [1.54, 1.807) is 0 Å². The molecule has 0 bridgehead atoms. The van der Waals surface area contributed by atoms with Crippen LogP contribution >= 0.6 is 0 Å². The van der Waals surface area contributed by atoms with Gasteiger partial charge in [0.2, 0.25) is 0 Å². The average molecular weight is 226 g/mol. The normalized spacial score (nSPS) is 14.6. The molecule has 0 aromatic carbocycles. The second kappa shape index (κ2) is 6.40. The van der Waals surface area contributed by atoms with Gasteiger partial charge in [0.15, 0.2) is 0 Å². The molecule has 0 heterocycles. The molecule has 0 amide bonds. The van der Waals surface area contributed by atoms with Crippen LogP contribution in [0.3, 0.4) is 0 Å². The van der Waals surface area contributed by atoms with Crippen molar-refractivity contribution in [3.63, 3.8) is 0 Å². The zero-order valence-corrected chi connectivity index (χ0v) is 9.66. The van der Waals surface area contributed by atoms with E-state index in [2.05, 4.69) is 4.74 Å². The summed E-state index contributed by atoms with van der Waals surface area (Å²) in [6.45, 7) is 0. The van der Waals surface area contributed by atoms with Gasteiger partial charge in [-0.1, -0.05) is 0 Å². The van der Waals surface area contributed by atoms with Gasteiger partial charge in [0.1, 0.15) is 11.6 Å². The summed E-state index contributed by atoms with van der Waals surface area (Å²) >= 11 is 0. The Morgan fingerprint density at radius 2 is 1.75 bits per heavy atom. The van der Waals surface area contributed by atoms with Gasteiger partial charge in [-0.05, 0) is 25.7 Å². The Bertz CT molecular complexity index is 279. The molecule has 1 aliphatic carbocycles. The van der Waals surface area contributed by atoms with E-state index in [4.69, 9.17) is 0 Å². The third-order valence-electron chi connectivity index (χ3n) is 2.72. The fourth-order valence-corrected chi connectivity index (χ4v) is 1.53. The van der Waals surface area contributed by atoms with Crippen molar-refractivity contribution in [2.75, 3.05) is 7.11 Å². The van der Waals surface area contributed by atoms with Crippen molar-refractivity contribution < 1.29 is 19.1 Å². The molecule has 90 valence electrons. The maximum absolute atomic E-state index is 11.4. The van der Waals surface area contributed by atoms with Gasteiger partial charge < -0.3 is 4.74 Å². The number of methoxy groups -OCH3 is 1. The summed E-state index contributed by atoms with van der Waals surface area (Å²) in [7, 11) is 1.35. The van der Waals surface area contributed by atoms with E-state index >= 15 is 0 Å². The molecule has 1 fully saturated rings. The lowest BCUT2D eigenvalue weighted by molar-refractivity contribution is -0.141. The quantitative estimate of drug-likeness (QED) is 0.359. The molecule has 0 aromatic rings. The lowest BCUT2D eigenvalue weighted by Gasteiger charge is -2.00. The Morgan fingerprint density at radius 1 is 1.12 bits per heavy atom. The number of unbranched alkanes of at least 4 members (excludes halogenated alkanes) is 1. The maximum atomic E-state index is 11.4. The number of carbonyl (C=O) groups is 3.